The summed E-state index contributed by atoms with van der Waals surface area (Å²) < 4.78 is 21.6. The molecular weight excluding hydrogens is 348 g/mol. The van der Waals surface area contributed by atoms with Gasteiger partial charge >= 0.3 is 5.97 Å². The molecule has 1 aromatic carbocycles. The van der Waals surface area contributed by atoms with E-state index in [9.17, 15) is 10.1 Å². The van der Waals surface area contributed by atoms with Crippen LogP contribution in [0, 0.1) is 18.3 Å². The molecule has 1 atom stereocenters. The van der Waals surface area contributed by atoms with E-state index >= 15 is 0 Å². The van der Waals surface area contributed by atoms with Crippen LogP contribution in [0.5, 0.6) is 11.5 Å². The first-order valence-electron chi connectivity index (χ1n) is 8.10. The quantitative estimate of drug-likeness (QED) is 0.559. The van der Waals surface area contributed by atoms with Gasteiger partial charge in [0.05, 0.1) is 12.2 Å². The summed E-state index contributed by atoms with van der Waals surface area (Å²) in [5, 5.41) is 9.52. The van der Waals surface area contributed by atoms with Crippen LogP contribution in [0.4, 0.5) is 0 Å². The standard InChI is InChI=1S/C20H14N2O5/c1-11-4-7-15(25-11)18-13-6-5-12(26-20(23)16-3-2-8-24-16)9-17(13)27-19(22)14(18)10-21/h2-9,18H,22H2,1H3. The van der Waals surface area contributed by atoms with E-state index in [1.54, 1.807) is 30.3 Å². The van der Waals surface area contributed by atoms with Crippen molar-refractivity contribution < 1.29 is 23.1 Å². The van der Waals surface area contributed by atoms with Crippen LogP contribution in [-0.4, -0.2) is 5.97 Å². The number of furan rings is 2. The Labute approximate surface area is 154 Å². The lowest BCUT2D eigenvalue weighted by molar-refractivity contribution is 0.0701. The molecule has 2 aromatic heterocycles. The third-order valence-corrected chi connectivity index (χ3v) is 4.17. The summed E-state index contributed by atoms with van der Waals surface area (Å²) in [5.74, 6) is 0.891. The second kappa shape index (κ2) is 6.42. The minimum absolute atomic E-state index is 0.0152. The van der Waals surface area contributed by atoms with E-state index in [2.05, 4.69) is 6.07 Å². The molecule has 0 radical (unpaired) electrons. The SMILES string of the molecule is Cc1ccc(C2C(C#N)=C(N)Oc3cc(OC(=O)c4ccco4)ccc32)o1. The first kappa shape index (κ1) is 16.5. The number of benzene rings is 1. The second-order valence-electron chi connectivity index (χ2n) is 5.94. The van der Waals surface area contributed by atoms with Gasteiger partial charge in [-0.15, -0.1) is 0 Å². The zero-order valence-electron chi connectivity index (χ0n) is 14.3. The predicted molar refractivity (Wildman–Crippen MR) is 92.9 cm³/mol. The lowest BCUT2D eigenvalue weighted by Crippen LogP contribution is -2.21. The maximum absolute atomic E-state index is 12.0. The number of allylic oxidation sites excluding steroid dienone is 1. The molecule has 3 aromatic rings. The Morgan fingerprint density at radius 3 is 2.78 bits per heavy atom. The van der Waals surface area contributed by atoms with Gasteiger partial charge in [0.15, 0.2) is 0 Å². The summed E-state index contributed by atoms with van der Waals surface area (Å²) in [7, 11) is 0. The fourth-order valence-electron chi connectivity index (χ4n) is 2.95. The molecule has 3 heterocycles. The summed E-state index contributed by atoms with van der Waals surface area (Å²) >= 11 is 0. The minimum atomic E-state index is -0.629. The number of rotatable bonds is 3. The zero-order chi connectivity index (χ0) is 19.0. The number of carbonyl (C=O) groups is 1. The number of hydrogen-bond donors (Lipinski definition) is 1. The Balaban J connectivity index is 1.71. The number of fused-ring (bicyclic) bond motifs is 1. The molecule has 7 heteroatoms. The van der Waals surface area contributed by atoms with E-state index in [-0.39, 0.29) is 23.0 Å². The van der Waals surface area contributed by atoms with Crippen molar-refractivity contribution in [2.45, 2.75) is 12.8 Å². The van der Waals surface area contributed by atoms with Gasteiger partial charge < -0.3 is 24.0 Å². The fourth-order valence-corrected chi connectivity index (χ4v) is 2.95. The van der Waals surface area contributed by atoms with Crippen molar-refractivity contribution in [2.75, 3.05) is 0 Å². The van der Waals surface area contributed by atoms with Crippen molar-refractivity contribution in [2.24, 2.45) is 5.73 Å². The van der Waals surface area contributed by atoms with Crippen LogP contribution < -0.4 is 15.2 Å². The van der Waals surface area contributed by atoms with E-state index in [4.69, 9.17) is 24.0 Å². The van der Waals surface area contributed by atoms with Gasteiger partial charge in [0.2, 0.25) is 11.6 Å². The predicted octanol–water partition coefficient (Wildman–Crippen LogP) is 3.62. The Kier molecular flexibility index (Phi) is 3.94. The molecular formula is C20H14N2O5. The topological polar surface area (TPSA) is 112 Å². The molecule has 1 unspecified atom stereocenters. The molecule has 0 bridgehead atoms. The van der Waals surface area contributed by atoms with Crippen LogP contribution in [0.2, 0.25) is 0 Å². The average Bonchev–Trinajstić information content (AvgIpc) is 3.32. The number of carbonyl (C=O) groups excluding carboxylic acids is 1. The molecule has 0 aliphatic carbocycles. The van der Waals surface area contributed by atoms with Crippen molar-refractivity contribution in [3.05, 3.63) is 83.0 Å². The third-order valence-electron chi connectivity index (χ3n) is 4.17. The van der Waals surface area contributed by atoms with Crippen LogP contribution in [0.3, 0.4) is 0 Å². The Bertz CT molecular complexity index is 1090. The lowest BCUT2D eigenvalue weighted by atomic mass is 9.87. The van der Waals surface area contributed by atoms with Gasteiger partial charge in [-0.25, -0.2) is 4.79 Å². The number of nitriles is 1. The third kappa shape index (κ3) is 2.93. The van der Waals surface area contributed by atoms with E-state index in [1.165, 1.54) is 12.3 Å². The van der Waals surface area contributed by atoms with Crippen LogP contribution in [0.15, 0.2) is 69.0 Å². The molecule has 134 valence electrons. The van der Waals surface area contributed by atoms with Gasteiger partial charge in [0.25, 0.3) is 0 Å². The molecule has 0 saturated carbocycles. The summed E-state index contributed by atoms with van der Waals surface area (Å²) in [5.41, 5.74) is 6.89. The molecule has 1 aliphatic heterocycles. The van der Waals surface area contributed by atoms with Gasteiger partial charge in [0.1, 0.15) is 34.7 Å². The Morgan fingerprint density at radius 2 is 2.11 bits per heavy atom. The Morgan fingerprint density at radius 1 is 1.26 bits per heavy atom. The summed E-state index contributed by atoms with van der Waals surface area (Å²) in [4.78, 5) is 12.0. The van der Waals surface area contributed by atoms with E-state index in [1.807, 2.05) is 13.0 Å². The highest BCUT2D eigenvalue weighted by molar-refractivity contribution is 5.88. The van der Waals surface area contributed by atoms with E-state index in [0.717, 1.165) is 5.76 Å². The molecule has 2 N–H and O–H groups in total. The fraction of sp³-hybridized carbons (Fsp3) is 0.100. The number of hydrogen-bond acceptors (Lipinski definition) is 7. The highest BCUT2D eigenvalue weighted by atomic mass is 16.5. The van der Waals surface area contributed by atoms with Crippen molar-refractivity contribution in [1.82, 2.24) is 0 Å². The molecule has 0 saturated heterocycles. The monoisotopic (exact) mass is 362 g/mol. The smallest absolute Gasteiger partial charge is 0.379 e. The molecule has 0 fully saturated rings. The first-order chi connectivity index (χ1) is 13.1. The highest BCUT2D eigenvalue weighted by Crippen LogP contribution is 2.43. The van der Waals surface area contributed by atoms with Gasteiger partial charge in [0, 0.05) is 11.6 Å². The summed E-state index contributed by atoms with van der Waals surface area (Å²) in [6.07, 6.45) is 1.39. The highest BCUT2D eigenvalue weighted by Gasteiger charge is 2.33. The average molecular weight is 362 g/mol. The van der Waals surface area contributed by atoms with E-state index < -0.39 is 11.9 Å². The lowest BCUT2D eigenvalue weighted by Gasteiger charge is -2.25. The molecule has 0 spiro atoms. The van der Waals surface area contributed by atoms with Crippen molar-refractivity contribution >= 4 is 5.97 Å². The minimum Gasteiger partial charge on any atom is -0.465 e. The molecule has 0 amide bonds. The maximum atomic E-state index is 12.0. The van der Waals surface area contributed by atoms with Crippen molar-refractivity contribution in [1.29, 1.82) is 5.26 Å². The summed E-state index contributed by atoms with van der Waals surface area (Å²) in [6, 6.07) is 13.7. The first-order valence-corrected chi connectivity index (χ1v) is 8.10. The number of nitrogens with two attached hydrogens (primary N) is 1. The van der Waals surface area contributed by atoms with Crippen LogP contribution in [0.1, 0.15) is 33.6 Å². The normalized spacial score (nSPS) is 15.6. The molecule has 1 aliphatic rings. The van der Waals surface area contributed by atoms with Gasteiger partial charge in [-0.3, -0.25) is 0 Å². The van der Waals surface area contributed by atoms with Crippen LogP contribution in [-0.2, 0) is 0 Å². The number of nitrogens with zero attached hydrogens (tertiary/aromatic N) is 1. The summed E-state index contributed by atoms with van der Waals surface area (Å²) in [6.45, 7) is 1.82. The van der Waals surface area contributed by atoms with Crippen molar-refractivity contribution in [3.63, 3.8) is 0 Å². The van der Waals surface area contributed by atoms with Crippen LogP contribution >= 0.6 is 0 Å². The van der Waals surface area contributed by atoms with E-state index in [0.29, 0.717) is 17.1 Å². The van der Waals surface area contributed by atoms with Crippen molar-refractivity contribution in [3.8, 4) is 17.6 Å². The van der Waals surface area contributed by atoms with Crippen LogP contribution in [0.25, 0.3) is 0 Å². The van der Waals surface area contributed by atoms with Gasteiger partial charge in [-0.1, -0.05) is 6.07 Å². The number of ether oxygens (including phenoxy) is 2. The second-order valence-corrected chi connectivity index (χ2v) is 5.94. The molecule has 4 rings (SSSR count). The van der Waals surface area contributed by atoms with Gasteiger partial charge in [-0.2, -0.15) is 5.26 Å². The maximum Gasteiger partial charge on any atom is 0.379 e. The largest absolute Gasteiger partial charge is 0.465 e. The zero-order valence-corrected chi connectivity index (χ0v) is 14.3. The number of aryl methyl sites for hydroxylation is 1. The Hall–Kier alpha value is -3.92. The van der Waals surface area contributed by atoms with Gasteiger partial charge in [-0.05, 0) is 37.3 Å². The number of esters is 1. The molecule has 7 nitrogen and oxygen atoms in total. The molecule has 27 heavy (non-hydrogen) atoms.